The van der Waals surface area contributed by atoms with Crippen molar-refractivity contribution in [3.8, 4) is 0 Å². The van der Waals surface area contributed by atoms with Crippen molar-refractivity contribution in [3.63, 3.8) is 0 Å². The van der Waals surface area contributed by atoms with Gasteiger partial charge in [0, 0.05) is 21.7 Å². The molecular weight excluding hydrogens is 414 g/mol. The van der Waals surface area contributed by atoms with Crippen LogP contribution in [0.2, 0.25) is 5.02 Å². The maximum atomic E-state index is 12.2. The average molecular weight is 430 g/mol. The second kappa shape index (κ2) is 9.31. The number of benzene rings is 2. The molecule has 0 unspecified atom stereocenters. The maximum absolute atomic E-state index is 12.2. The zero-order valence-corrected chi connectivity index (χ0v) is 16.8. The predicted molar refractivity (Wildman–Crippen MR) is 112 cm³/mol. The fraction of sp³-hybridized carbons (Fsp3) is 0.100. The first kappa shape index (κ1) is 20.5. The zero-order valence-electron chi connectivity index (χ0n) is 15.3. The molecule has 2 N–H and O–H groups in total. The lowest BCUT2D eigenvalue weighted by molar-refractivity contribution is -0.115. The summed E-state index contributed by atoms with van der Waals surface area (Å²) in [7, 11) is 1.30. The second-order valence-electron chi connectivity index (χ2n) is 5.90. The number of esters is 1. The topological polar surface area (TPSA) is 97.4 Å². The summed E-state index contributed by atoms with van der Waals surface area (Å²) in [6.45, 7) is 0. The number of amides is 2. The highest BCUT2D eigenvalue weighted by Crippen LogP contribution is 2.18. The van der Waals surface area contributed by atoms with Gasteiger partial charge in [0.2, 0.25) is 5.91 Å². The Kier molecular flexibility index (Phi) is 6.58. The minimum Gasteiger partial charge on any atom is -0.465 e. The van der Waals surface area contributed by atoms with E-state index in [0.29, 0.717) is 32.7 Å². The predicted octanol–water partition coefficient (Wildman–Crippen LogP) is 4.02. The van der Waals surface area contributed by atoms with Crippen LogP contribution in [0.25, 0.3) is 0 Å². The van der Waals surface area contributed by atoms with Crippen LogP contribution in [0.4, 0.5) is 10.8 Å². The molecule has 0 aliphatic heterocycles. The van der Waals surface area contributed by atoms with Gasteiger partial charge in [-0.15, -0.1) is 11.3 Å². The average Bonchev–Trinajstić information content (AvgIpc) is 3.14. The van der Waals surface area contributed by atoms with Crippen molar-refractivity contribution in [1.29, 1.82) is 0 Å². The van der Waals surface area contributed by atoms with E-state index >= 15 is 0 Å². The van der Waals surface area contributed by atoms with E-state index in [4.69, 9.17) is 11.6 Å². The number of nitrogens with one attached hydrogen (secondary N) is 2. The zero-order chi connectivity index (χ0) is 20.8. The highest BCUT2D eigenvalue weighted by molar-refractivity contribution is 7.14. The summed E-state index contributed by atoms with van der Waals surface area (Å²) in [5.41, 5.74) is 1.93. The number of thiazole rings is 1. The lowest BCUT2D eigenvalue weighted by Crippen LogP contribution is -2.15. The number of methoxy groups -OCH3 is 1. The molecule has 1 heterocycles. The summed E-state index contributed by atoms with van der Waals surface area (Å²) >= 11 is 7.05. The minimum absolute atomic E-state index is 0.0477. The SMILES string of the molecule is COC(=O)c1ccc(NC(=O)Cc2csc(NC(=O)c3ccc(Cl)cc3)n2)cc1. The number of carbonyl (C=O) groups excluding carboxylic acids is 3. The van der Waals surface area contributed by atoms with E-state index in [1.54, 1.807) is 53.9 Å². The van der Waals surface area contributed by atoms with Gasteiger partial charge in [-0.1, -0.05) is 11.6 Å². The van der Waals surface area contributed by atoms with Gasteiger partial charge >= 0.3 is 5.97 Å². The number of rotatable bonds is 6. The lowest BCUT2D eigenvalue weighted by Gasteiger charge is -2.05. The highest BCUT2D eigenvalue weighted by Gasteiger charge is 2.12. The molecule has 0 aliphatic carbocycles. The maximum Gasteiger partial charge on any atom is 0.337 e. The van der Waals surface area contributed by atoms with Gasteiger partial charge in [0.1, 0.15) is 0 Å². The van der Waals surface area contributed by atoms with Crippen LogP contribution in [-0.2, 0) is 16.0 Å². The van der Waals surface area contributed by atoms with E-state index in [1.165, 1.54) is 18.4 Å². The minimum atomic E-state index is -0.446. The summed E-state index contributed by atoms with van der Waals surface area (Å²) in [5.74, 6) is -1.02. The van der Waals surface area contributed by atoms with Crippen LogP contribution < -0.4 is 10.6 Å². The van der Waals surface area contributed by atoms with Gasteiger partial charge in [0.15, 0.2) is 5.13 Å². The Morgan fingerprint density at radius 1 is 1.00 bits per heavy atom. The number of halogens is 1. The van der Waals surface area contributed by atoms with Gasteiger partial charge in [-0.05, 0) is 48.5 Å². The number of carbonyl (C=O) groups is 3. The Labute approximate surface area is 175 Å². The van der Waals surface area contributed by atoms with E-state index < -0.39 is 5.97 Å². The molecule has 3 rings (SSSR count). The molecule has 0 atom stereocenters. The molecule has 148 valence electrons. The van der Waals surface area contributed by atoms with Gasteiger partial charge in [0.05, 0.1) is 24.8 Å². The van der Waals surface area contributed by atoms with Gasteiger partial charge < -0.3 is 10.1 Å². The number of anilines is 2. The summed E-state index contributed by atoms with van der Waals surface area (Å²) in [6, 6.07) is 12.9. The molecular formula is C20H16ClN3O4S. The molecule has 0 radical (unpaired) electrons. The van der Waals surface area contributed by atoms with Crippen LogP contribution in [0.15, 0.2) is 53.9 Å². The van der Waals surface area contributed by atoms with Crippen molar-refractivity contribution in [2.45, 2.75) is 6.42 Å². The number of nitrogens with zero attached hydrogens (tertiary/aromatic N) is 1. The molecule has 1 aromatic heterocycles. The van der Waals surface area contributed by atoms with Crippen LogP contribution >= 0.6 is 22.9 Å². The fourth-order valence-electron chi connectivity index (χ4n) is 2.39. The standard InChI is InChI=1S/C20H16ClN3O4S/c1-28-19(27)13-4-8-15(9-5-13)22-17(25)10-16-11-29-20(23-16)24-18(26)12-2-6-14(21)7-3-12/h2-9,11H,10H2,1H3,(H,22,25)(H,23,24,26). The van der Waals surface area contributed by atoms with Gasteiger partial charge in [0.25, 0.3) is 5.91 Å². The Morgan fingerprint density at radius 3 is 2.31 bits per heavy atom. The second-order valence-corrected chi connectivity index (χ2v) is 7.19. The monoisotopic (exact) mass is 429 g/mol. The van der Waals surface area contributed by atoms with Crippen molar-refractivity contribution >= 4 is 51.5 Å². The lowest BCUT2D eigenvalue weighted by atomic mass is 10.2. The summed E-state index contributed by atoms with van der Waals surface area (Å²) < 4.78 is 4.63. The molecule has 7 nitrogen and oxygen atoms in total. The molecule has 0 bridgehead atoms. The third-order valence-corrected chi connectivity index (χ3v) is 4.87. The molecule has 3 aromatic rings. The van der Waals surface area contributed by atoms with Crippen molar-refractivity contribution < 1.29 is 19.1 Å². The summed E-state index contributed by atoms with van der Waals surface area (Å²) in [5, 5.41) is 8.07. The van der Waals surface area contributed by atoms with Gasteiger partial charge in [-0.3, -0.25) is 14.9 Å². The first-order valence-electron chi connectivity index (χ1n) is 8.44. The van der Waals surface area contributed by atoms with Gasteiger partial charge in [-0.25, -0.2) is 9.78 Å². The normalized spacial score (nSPS) is 10.3. The third-order valence-electron chi connectivity index (χ3n) is 3.81. The molecule has 2 amide bonds. The van der Waals surface area contributed by atoms with Crippen LogP contribution in [0.5, 0.6) is 0 Å². The molecule has 0 spiro atoms. The van der Waals surface area contributed by atoms with E-state index in [9.17, 15) is 14.4 Å². The van der Waals surface area contributed by atoms with Crippen molar-refractivity contribution in [2.24, 2.45) is 0 Å². The van der Waals surface area contributed by atoms with E-state index in [2.05, 4.69) is 20.4 Å². The Bertz CT molecular complexity index is 1030. The highest BCUT2D eigenvalue weighted by atomic mass is 35.5. The van der Waals surface area contributed by atoms with Crippen LogP contribution in [0, 0.1) is 0 Å². The van der Waals surface area contributed by atoms with Crippen LogP contribution in [0.1, 0.15) is 26.4 Å². The van der Waals surface area contributed by atoms with E-state index in [0.717, 1.165) is 0 Å². The Hall–Kier alpha value is -3.23. The molecule has 0 fully saturated rings. The number of hydrogen-bond donors (Lipinski definition) is 2. The summed E-state index contributed by atoms with van der Waals surface area (Å²) in [6.07, 6.45) is 0.0477. The van der Waals surface area contributed by atoms with Crippen LogP contribution in [0.3, 0.4) is 0 Å². The molecule has 0 saturated carbocycles. The fourth-order valence-corrected chi connectivity index (χ4v) is 3.22. The number of hydrogen-bond acceptors (Lipinski definition) is 6. The van der Waals surface area contributed by atoms with E-state index in [1.807, 2.05) is 0 Å². The molecule has 9 heteroatoms. The molecule has 0 saturated heterocycles. The van der Waals surface area contributed by atoms with Gasteiger partial charge in [-0.2, -0.15) is 0 Å². The first-order valence-corrected chi connectivity index (χ1v) is 9.70. The smallest absolute Gasteiger partial charge is 0.337 e. The first-order chi connectivity index (χ1) is 13.9. The van der Waals surface area contributed by atoms with Crippen molar-refractivity contribution in [2.75, 3.05) is 17.7 Å². The molecule has 0 aliphatic rings. The van der Waals surface area contributed by atoms with Crippen LogP contribution in [-0.4, -0.2) is 29.9 Å². The largest absolute Gasteiger partial charge is 0.465 e. The number of aromatic nitrogens is 1. The molecule has 2 aromatic carbocycles. The Morgan fingerprint density at radius 2 is 1.66 bits per heavy atom. The van der Waals surface area contributed by atoms with Crippen molar-refractivity contribution in [3.05, 3.63) is 75.8 Å². The third kappa shape index (κ3) is 5.63. The van der Waals surface area contributed by atoms with E-state index in [-0.39, 0.29) is 18.2 Å². The van der Waals surface area contributed by atoms with Crippen molar-refractivity contribution in [1.82, 2.24) is 4.98 Å². The quantitative estimate of drug-likeness (QED) is 0.577. The number of ether oxygens (including phenoxy) is 1. The summed E-state index contributed by atoms with van der Waals surface area (Å²) in [4.78, 5) is 40.1. The Balaban J connectivity index is 1.55. The molecule has 29 heavy (non-hydrogen) atoms.